The van der Waals surface area contributed by atoms with Crippen molar-refractivity contribution in [3.8, 4) is 0 Å². The van der Waals surface area contributed by atoms with Gasteiger partial charge < -0.3 is 10.3 Å². The third kappa shape index (κ3) is 3.91. The summed E-state index contributed by atoms with van der Waals surface area (Å²) in [5.74, 6) is -0.0520. The zero-order chi connectivity index (χ0) is 19.5. The molecule has 28 heavy (non-hydrogen) atoms. The van der Waals surface area contributed by atoms with Gasteiger partial charge in [0.1, 0.15) is 0 Å². The molecule has 1 atom stereocenters. The largest absolute Gasteiger partial charge is 0.361 e. The highest BCUT2D eigenvalue weighted by Crippen LogP contribution is 2.31. The Kier molecular flexibility index (Phi) is 5.64. The summed E-state index contributed by atoms with van der Waals surface area (Å²) in [7, 11) is 0. The molecule has 1 aliphatic rings. The number of amides is 1. The topological polar surface area (TPSA) is 48.1 Å². The number of nitrogens with one attached hydrogen (secondary N) is 2. The average molecular weight is 394 g/mol. The minimum atomic E-state index is -0.0520. The van der Waals surface area contributed by atoms with Crippen molar-refractivity contribution in [2.75, 3.05) is 18.4 Å². The number of carbonyl (C=O) groups excluding carboxylic acids is 1. The number of aromatic amines is 1. The van der Waals surface area contributed by atoms with Gasteiger partial charge in [-0.15, -0.1) is 11.3 Å². The van der Waals surface area contributed by atoms with Crippen molar-refractivity contribution in [1.82, 2.24) is 9.88 Å². The first-order valence-electron chi connectivity index (χ1n) is 10.0. The molecule has 1 aliphatic heterocycles. The molecule has 3 aromatic rings. The Labute approximate surface area is 170 Å². The smallest absolute Gasteiger partial charge is 0.265 e. The second-order valence-electron chi connectivity index (χ2n) is 7.51. The Balaban J connectivity index is 1.54. The van der Waals surface area contributed by atoms with Crippen LogP contribution in [0.4, 0.5) is 5.69 Å². The highest BCUT2D eigenvalue weighted by molar-refractivity contribution is 7.12. The molecule has 4 nitrogen and oxygen atoms in total. The van der Waals surface area contributed by atoms with E-state index in [0.29, 0.717) is 6.04 Å². The summed E-state index contributed by atoms with van der Waals surface area (Å²) in [6, 6.07) is 10.5. The molecule has 2 N–H and O–H groups in total. The maximum absolute atomic E-state index is 12.4. The first kappa shape index (κ1) is 19.0. The van der Waals surface area contributed by atoms with Crippen LogP contribution in [0.2, 0.25) is 0 Å². The molecule has 0 radical (unpaired) electrons. The van der Waals surface area contributed by atoms with E-state index < -0.39 is 0 Å². The molecule has 4 rings (SSSR count). The predicted octanol–water partition coefficient (Wildman–Crippen LogP) is 5.76. The van der Waals surface area contributed by atoms with E-state index in [9.17, 15) is 4.79 Å². The van der Waals surface area contributed by atoms with Gasteiger partial charge in [-0.25, -0.2) is 0 Å². The predicted molar refractivity (Wildman–Crippen MR) is 119 cm³/mol. The number of aromatic nitrogens is 1. The van der Waals surface area contributed by atoms with E-state index in [-0.39, 0.29) is 5.91 Å². The molecule has 0 spiro atoms. The van der Waals surface area contributed by atoms with E-state index in [2.05, 4.69) is 47.4 Å². The number of H-pyrrole nitrogens is 1. The van der Waals surface area contributed by atoms with Crippen molar-refractivity contribution in [3.05, 3.63) is 58.4 Å². The van der Waals surface area contributed by atoms with Crippen LogP contribution >= 0.6 is 11.3 Å². The van der Waals surface area contributed by atoms with Gasteiger partial charge in [-0.1, -0.05) is 25.5 Å². The van der Waals surface area contributed by atoms with Crippen molar-refractivity contribution in [2.24, 2.45) is 0 Å². The van der Waals surface area contributed by atoms with Crippen LogP contribution in [-0.4, -0.2) is 34.9 Å². The third-order valence-electron chi connectivity index (χ3n) is 5.60. The molecule has 0 aliphatic carbocycles. The number of thiophene rings is 1. The maximum Gasteiger partial charge on any atom is 0.265 e. The fourth-order valence-corrected chi connectivity index (χ4v) is 4.61. The Morgan fingerprint density at radius 1 is 1.36 bits per heavy atom. The number of anilines is 1. The molecule has 0 fully saturated rings. The number of hydrogen-bond donors (Lipinski definition) is 2. The number of benzene rings is 1. The van der Waals surface area contributed by atoms with Gasteiger partial charge in [0.2, 0.25) is 0 Å². The lowest BCUT2D eigenvalue weighted by Crippen LogP contribution is -2.36. The van der Waals surface area contributed by atoms with Gasteiger partial charge in [-0.05, 0) is 55.0 Å². The summed E-state index contributed by atoms with van der Waals surface area (Å²) >= 11 is 1.46. The highest BCUT2D eigenvalue weighted by atomic mass is 32.1. The molecule has 2 aromatic heterocycles. The van der Waals surface area contributed by atoms with E-state index >= 15 is 0 Å². The molecule has 0 bridgehead atoms. The van der Waals surface area contributed by atoms with Gasteiger partial charge in [0.15, 0.2) is 0 Å². The summed E-state index contributed by atoms with van der Waals surface area (Å²) in [5, 5.41) is 6.11. The van der Waals surface area contributed by atoms with Gasteiger partial charge in [0, 0.05) is 47.5 Å². The van der Waals surface area contributed by atoms with Crippen molar-refractivity contribution >= 4 is 39.4 Å². The quantitative estimate of drug-likeness (QED) is 0.559. The van der Waals surface area contributed by atoms with Gasteiger partial charge in [-0.2, -0.15) is 0 Å². The molecule has 3 heterocycles. The first-order chi connectivity index (χ1) is 13.7. The van der Waals surface area contributed by atoms with E-state index in [0.717, 1.165) is 35.6 Å². The lowest BCUT2D eigenvalue weighted by molar-refractivity contribution is 0.103. The number of fused-ring (bicyclic) bond motifs is 1. The number of hydrogen-bond acceptors (Lipinski definition) is 3. The molecule has 1 unspecified atom stereocenters. The number of rotatable bonds is 6. The molecule has 0 saturated heterocycles. The Hall–Kier alpha value is -2.37. The second kappa shape index (κ2) is 8.33. The van der Waals surface area contributed by atoms with E-state index in [1.165, 1.54) is 40.7 Å². The third-order valence-corrected chi connectivity index (χ3v) is 6.47. The molecule has 1 amide bonds. The van der Waals surface area contributed by atoms with Gasteiger partial charge in [-0.3, -0.25) is 9.69 Å². The summed E-state index contributed by atoms with van der Waals surface area (Å²) < 4.78 is 0. The summed E-state index contributed by atoms with van der Waals surface area (Å²) in [6.45, 7) is 6.70. The van der Waals surface area contributed by atoms with Crippen LogP contribution in [0.5, 0.6) is 0 Å². The zero-order valence-corrected chi connectivity index (χ0v) is 17.3. The molecular formula is C23H27N3OS. The van der Waals surface area contributed by atoms with Crippen LogP contribution in [0.25, 0.3) is 16.5 Å². The van der Waals surface area contributed by atoms with Gasteiger partial charge in [0.05, 0.1) is 4.88 Å². The highest BCUT2D eigenvalue weighted by Gasteiger charge is 2.19. The fourth-order valence-electron chi connectivity index (χ4n) is 3.99. The van der Waals surface area contributed by atoms with Crippen LogP contribution < -0.4 is 5.32 Å². The monoisotopic (exact) mass is 393 g/mol. The summed E-state index contributed by atoms with van der Waals surface area (Å²) in [5.41, 5.74) is 4.59. The van der Waals surface area contributed by atoms with E-state index in [1.807, 2.05) is 29.6 Å². The summed E-state index contributed by atoms with van der Waals surface area (Å²) in [4.78, 5) is 19.0. The van der Waals surface area contributed by atoms with Crippen molar-refractivity contribution in [2.45, 2.75) is 39.2 Å². The van der Waals surface area contributed by atoms with Crippen LogP contribution in [-0.2, 0) is 0 Å². The van der Waals surface area contributed by atoms with E-state index in [4.69, 9.17) is 0 Å². The lowest BCUT2D eigenvalue weighted by Gasteiger charge is -2.31. The SMILES string of the molecule is CCCC(C)N1CC=C(c2c[nH]c3ccc(NC(=O)c4cccs4)cc23)CC1. The van der Waals surface area contributed by atoms with Crippen LogP contribution in [0.15, 0.2) is 48.0 Å². The van der Waals surface area contributed by atoms with Crippen molar-refractivity contribution < 1.29 is 4.79 Å². The Morgan fingerprint density at radius 2 is 2.25 bits per heavy atom. The second-order valence-corrected chi connectivity index (χ2v) is 8.45. The Morgan fingerprint density at radius 3 is 2.96 bits per heavy atom. The lowest BCUT2D eigenvalue weighted by atomic mass is 9.97. The molecule has 146 valence electrons. The Bertz CT molecular complexity index is 987. The van der Waals surface area contributed by atoms with E-state index in [1.54, 1.807) is 0 Å². The molecule has 5 heteroatoms. The molecular weight excluding hydrogens is 366 g/mol. The molecule has 0 saturated carbocycles. The molecule has 1 aromatic carbocycles. The van der Waals surface area contributed by atoms with Gasteiger partial charge >= 0.3 is 0 Å². The minimum absolute atomic E-state index is 0.0520. The normalized spacial score (nSPS) is 16.1. The standard InChI is InChI=1S/C23H27N3OS/c1-3-5-16(2)26-11-9-17(10-12-26)20-15-24-21-8-7-18(14-19(20)21)25-23(27)22-6-4-13-28-22/h4,6-9,13-16,24H,3,5,10-12H2,1-2H3,(H,25,27). The van der Waals surface area contributed by atoms with Crippen molar-refractivity contribution in [3.63, 3.8) is 0 Å². The van der Waals surface area contributed by atoms with Gasteiger partial charge in [0.25, 0.3) is 5.91 Å². The maximum atomic E-state index is 12.4. The first-order valence-corrected chi connectivity index (χ1v) is 10.9. The zero-order valence-electron chi connectivity index (χ0n) is 16.5. The minimum Gasteiger partial charge on any atom is -0.361 e. The van der Waals surface area contributed by atoms with Crippen LogP contribution in [0.3, 0.4) is 0 Å². The number of nitrogens with zero attached hydrogens (tertiary/aromatic N) is 1. The summed E-state index contributed by atoms with van der Waals surface area (Å²) in [6.07, 6.45) is 8.02. The fraction of sp³-hybridized carbons (Fsp3) is 0.348. The van der Waals surface area contributed by atoms with Crippen LogP contribution in [0, 0.1) is 0 Å². The van der Waals surface area contributed by atoms with Crippen molar-refractivity contribution in [1.29, 1.82) is 0 Å². The number of carbonyl (C=O) groups is 1. The average Bonchev–Trinajstić information content (AvgIpc) is 3.38. The van der Waals surface area contributed by atoms with Crippen LogP contribution in [0.1, 0.15) is 48.3 Å².